The highest BCUT2D eigenvalue weighted by atomic mass is 32.2. The number of rotatable bonds is 7. The Bertz CT molecular complexity index is 412. The number of nitrogens with one attached hydrogen (secondary N) is 2. The van der Waals surface area contributed by atoms with Gasteiger partial charge in [-0.2, -0.15) is 0 Å². The maximum absolute atomic E-state index is 11.3. The van der Waals surface area contributed by atoms with Crippen molar-refractivity contribution in [3.05, 3.63) is 11.9 Å². The molecule has 1 aromatic rings. The lowest BCUT2D eigenvalue weighted by Crippen LogP contribution is -2.21. The van der Waals surface area contributed by atoms with E-state index in [9.17, 15) is 4.21 Å². The van der Waals surface area contributed by atoms with Gasteiger partial charge in [-0.1, -0.05) is 6.92 Å². The van der Waals surface area contributed by atoms with Crippen molar-refractivity contribution in [3.63, 3.8) is 0 Å². The molecule has 0 aromatic carbocycles. The molecule has 0 aliphatic rings. The van der Waals surface area contributed by atoms with Crippen LogP contribution in [0.25, 0.3) is 0 Å². The third kappa shape index (κ3) is 4.58. The first kappa shape index (κ1) is 14.8. The fourth-order valence-corrected chi connectivity index (χ4v) is 1.68. The van der Waals surface area contributed by atoms with Crippen LogP contribution in [0.15, 0.2) is 6.07 Å². The predicted octanol–water partition coefficient (Wildman–Crippen LogP) is 0.894. The third-order valence-electron chi connectivity index (χ3n) is 2.53. The molecule has 1 rings (SSSR count). The standard InChI is InChI=1S/C11H21N5OS/c1-4-5-9-14-10(6-11(15-9)16-12)13-7-8(2)18(3)17/h6,8H,4-5,7,12H2,1-3H3,(H2,13,14,15,16). The number of nitrogens with zero attached hydrogens (tertiary/aromatic N) is 2. The second kappa shape index (κ2) is 7.27. The van der Waals surface area contributed by atoms with Gasteiger partial charge in [0.1, 0.15) is 17.5 Å². The quantitative estimate of drug-likeness (QED) is 0.504. The number of hydrazine groups is 1. The molecular weight excluding hydrogens is 250 g/mol. The van der Waals surface area contributed by atoms with Gasteiger partial charge >= 0.3 is 0 Å². The van der Waals surface area contributed by atoms with Gasteiger partial charge < -0.3 is 10.7 Å². The molecule has 0 bridgehead atoms. The first-order chi connectivity index (χ1) is 8.56. The summed E-state index contributed by atoms with van der Waals surface area (Å²) in [5.74, 6) is 7.41. The zero-order valence-corrected chi connectivity index (χ0v) is 11.9. The summed E-state index contributed by atoms with van der Waals surface area (Å²) in [5.41, 5.74) is 2.53. The van der Waals surface area contributed by atoms with Crippen LogP contribution in [-0.2, 0) is 17.2 Å². The zero-order chi connectivity index (χ0) is 13.5. The first-order valence-electron chi connectivity index (χ1n) is 5.97. The van der Waals surface area contributed by atoms with Crippen molar-refractivity contribution in [2.75, 3.05) is 23.5 Å². The molecule has 0 radical (unpaired) electrons. The summed E-state index contributed by atoms with van der Waals surface area (Å²) >= 11 is 0. The van der Waals surface area contributed by atoms with Crippen molar-refractivity contribution >= 4 is 22.4 Å². The molecule has 0 aliphatic carbocycles. The van der Waals surface area contributed by atoms with Crippen molar-refractivity contribution < 1.29 is 4.21 Å². The maximum atomic E-state index is 11.3. The van der Waals surface area contributed by atoms with E-state index >= 15 is 0 Å². The highest BCUT2D eigenvalue weighted by Gasteiger charge is 2.08. The topological polar surface area (TPSA) is 92.9 Å². The summed E-state index contributed by atoms with van der Waals surface area (Å²) < 4.78 is 11.3. The molecule has 0 aliphatic heterocycles. The predicted molar refractivity (Wildman–Crippen MR) is 75.9 cm³/mol. The number of nitrogens with two attached hydrogens (primary N) is 1. The van der Waals surface area contributed by atoms with Crippen LogP contribution >= 0.6 is 0 Å². The molecule has 0 amide bonds. The number of hydrogen-bond acceptors (Lipinski definition) is 6. The van der Waals surface area contributed by atoms with E-state index in [-0.39, 0.29) is 5.25 Å². The molecule has 0 saturated heterocycles. The van der Waals surface area contributed by atoms with Gasteiger partial charge in [0.15, 0.2) is 0 Å². The Morgan fingerprint density at radius 2 is 2.11 bits per heavy atom. The summed E-state index contributed by atoms with van der Waals surface area (Å²) in [4.78, 5) is 8.64. The molecule has 0 saturated carbocycles. The van der Waals surface area contributed by atoms with E-state index < -0.39 is 10.8 Å². The molecule has 6 nitrogen and oxygen atoms in total. The minimum Gasteiger partial charge on any atom is -0.369 e. The fraction of sp³-hybridized carbons (Fsp3) is 0.636. The molecule has 2 unspecified atom stereocenters. The average molecular weight is 271 g/mol. The summed E-state index contributed by atoms with van der Waals surface area (Å²) in [7, 11) is -0.846. The van der Waals surface area contributed by atoms with Gasteiger partial charge in [-0.25, -0.2) is 15.8 Å². The van der Waals surface area contributed by atoms with Crippen molar-refractivity contribution in [2.24, 2.45) is 5.84 Å². The normalized spacial score (nSPS) is 14.0. The number of hydrogen-bond donors (Lipinski definition) is 3. The Hall–Kier alpha value is -1.21. The lowest BCUT2D eigenvalue weighted by molar-refractivity contribution is 0.678. The number of anilines is 2. The van der Waals surface area contributed by atoms with E-state index in [1.54, 1.807) is 12.3 Å². The Kier molecular flexibility index (Phi) is 6.00. The highest BCUT2D eigenvalue weighted by Crippen LogP contribution is 2.11. The molecule has 0 spiro atoms. The SMILES string of the molecule is CCCc1nc(NN)cc(NCC(C)S(C)=O)n1. The molecule has 0 fully saturated rings. The minimum absolute atomic E-state index is 0.0730. The van der Waals surface area contributed by atoms with Crippen molar-refractivity contribution in [1.82, 2.24) is 9.97 Å². The number of nitrogen functional groups attached to an aromatic ring is 1. The van der Waals surface area contributed by atoms with E-state index in [1.807, 2.05) is 6.92 Å². The summed E-state index contributed by atoms with van der Waals surface area (Å²) in [5, 5.41) is 3.23. The van der Waals surface area contributed by atoms with Crippen LogP contribution < -0.4 is 16.6 Å². The largest absolute Gasteiger partial charge is 0.369 e. The average Bonchev–Trinajstić information content (AvgIpc) is 2.35. The summed E-state index contributed by atoms with van der Waals surface area (Å²) in [6.07, 6.45) is 3.48. The number of aryl methyl sites for hydroxylation is 1. The molecule has 4 N–H and O–H groups in total. The van der Waals surface area contributed by atoms with E-state index in [0.29, 0.717) is 18.2 Å². The van der Waals surface area contributed by atoms with Crippen LogP contribution in [0, 0.1) is 0 Å². The van der Waals surface area contributed by atoms with Crippen LogP contribution in [-0.4, -0.2) is 32.2 Å². The van der Waals surface area contributed by atoms with Gasteiger partial charge in [0.05, 0.1) is 0 Å². The van der Waals surface area contributed by atoms with Crippen LogP contribution in [0.5, 0.6) is 0 Å². The van der Waals surface area contributed by atoms with Gasteiger partial charge in [0.2, 0.25) is 0 Å². The lowest BCUT2D eigenvalue weighted by atomic mass is 10.3. The van der Waals surface area contributed by atoms with Gasteiger partial charge in [0, 0.05) is 41.3 Å². The maximum Gasteiger partial charge on any atom is 0.145 e. The second-order valence-corrected chi connectivity index (χ2v) is 5.94. The van der Waals surface area contributed by atoms with Crippen molar-refractivity contribution in [2.45, 2.75) is 31.9 Å². The van der Waals surface area contributed by atoms with Crippen LogP contribution in [0.3, 0.4) is 0 Å². The first-order valence-corrected chi connectivity index (χ1v) is 7.59. The van der Waals surface area contributed by atoms with Gasteiger partial charge in [-0.05, 0) is 13.3 Å². The molecule has 102 valence electrons. The monoisotopic (exact) mass is 271 g/mol. The molecule has 18 heavy (non-hydrogen) atoms. The molecule has 1 heterocycles. The Morgan fingerprint density at radius 1 is 1.44 bits per heavy atom. The van der Waals surface area contributed by atoms with Gasteiger partial charge in [-0.15, -0.1) is 0 Å². The summed E-state index contributed by atoms with van der Waals surface area (Å²) in [6.45, 7) is 4.61. The Balaban J connectivity index is 2.74. The molecular formula is C11H21N5OS. The van der Waals surface area contributed by atoms with Crippen molar-refractivity contribution in [3.8, 4) is 0 Å². The zero-order valence-electron chi connectivity index (χ0n) is 11.1. The second-order valence-electron chi connectivity index (χ2n) is 4.14. The van der Waals surface area contributed by atoms with E-state index in [2.05, 4.69) is 27.6 Å². The smallest absolute Gasteiger partial charge is 0.145 e. The van der Waals surface area contributed by atoms with E-state index in [1.165, 1.54) is 0 Å². The van der Waals surface area contributed by atoms with Crippen LogP contribution in [0.4, 0.5) is 11.6 Å². The Morgan fingerprint density at radius 3 is 2.67 bits per heavy atom. The highest BCUT2D eigenvalue weighted by molar-refractivity contribution is 7.84. The van der Waals surface area contributed by atoms with Gasteiger partial charge in [0.25, 0.3) is 0 Å². The molecule has 1 aromatic heterocycles. The van der Waals surface area contributed by atoms with Gasteiger partial charge in [-0.3, -0.25) is 4.21 Å². The minimum atomic E-state index is -0.846. The summed E-state index contributed by atoms with van der Waals surface area (Å²) in [6, 6.07) is 1.74. The molecule has 7 heteroatoms. The third-order valence-corrected chi connectivity index (χ3v) is 3.83. The van der Waals surface area contributed by atoms with Crippen molar-refractivity contribution in [1.29, 1.82) is 0 Å². The number of aromatic nitrogens is 2. The van der Waals surface area contributed by atoms with Crippen LogP contribution in [0.1, 0.15) is 26.1 Å². The van der Waals surface area contributed by atoms with E-state index in [0.717, 1.165) is 18.7 Å². The lowest BCUT2D eigenvalue weighted by Gasteiger charge is -2.12. The molecule has 2 atom stereocenters. The van der Waals surface area contributed by atoms with Crippen LogP contribution in [0.2, 0.25) is 0 Å². The van der Waals surface area contributed by atoms with E-state index in [4.69, 9.17) is 5.84 Å². The fourth-order valence-electron chi connectivity index (χ4n) is 1.36. The Labute approximate surface area is 110 Å².